The lowest BCUT2D eigenvalue weighted by Gasteiger charge is -2.36. The van der Waals surface area contributed by atoms with Gasteiger partial charge in [0.05, 0.1) is 6.04 Å². The number of allylic oxidation sites excluding steroid dienone is 10. The molecule has 4 atom stereocenters. The fraction of sp³-hybridized carbons (Fsp3) is 0.111. The van der Waals surface area contributed by atoms with Gasteiger partial charge in [-0.1, -0.05) is 121 Å². The van der Waals surface area contributed by atoms with Crippen molar-refractivity contribution < 1.29 is 18.0 Å². The molecule has 0 aromatic heterocycles. The lowest BCUT2D eigenvalue weighted by molar-refractivity contribution is 0.0961. The Morgan fingerprint density at radius 3 is 1.87 bits per heavy atom. The molecule has 3 aliphatic carbocycles. The average molecular weight is 714 g/mol. The Balaban J connectivity index is 1.07. The molecule has 10 rings (SSSR count). The number of rotatable bonds is 3. The van der Waals surface area contributed by atoms with E-state index in [1.807, 2.05) is 91.1 Å². The third-order valence-electron chi connectivity index (χ3n) is 11.2. The van der Waals surface area contributed by atoms with E-state index < -0.39 is 32.6 Å². The van der Waals surface area contributed by atoms with E-state index in [9.17, 15) is 18.0 Å². The minimum atomic E-state index is -1.39. The fourth-order valence-electron chi connectivity index (χ4n) is 8.50. The van der Waals surface area contributed by atoms with Gasteiger partial charge in [0.25, 0.3) is 0 Å². The maximum Gasteiger partial charge on any atom is 0.170 e. The second-order valence-corrected chi connectivity index (χ2v) is 17.0. The Morgan fingerprint density at radius 2 is 1.21 bits per heavy atom. The average Bonchev–Trinajstić information content (AvgIpc) is 3.46. The van der Waals surface area contributed by atoms with Crippen LogP contribution < -0.4 is 4.90 Å². The van der Waals surface area contributed by atoms with E-state index in [0.29, 0.717) is 30.6 Å². The molecule has 5 nitrogen and oxygen atoms in total. The van der Waals surface area contributed by atoms with Gasteiger partial charge in [-0.25, -0.2) is 20.8 Å². The molecule has 0 amide bonds. The van der Waals surface area contributed by atoms with Gasteiger partial charge in [0.1, 0.15) is 0 Å². The van der Waals surface area contributed by atoms with Crippen LogP contribution in [0.5, 0.6) is 0 Å². The third kappa shape index (κ3) is 4.45. The summed E-state index contributed by atoms with van der Waals surface area (Å²) in [6.07, 6.45) is 21.3. The van der Waals surface area contributed by atoms with Crippen molar-refractivity contribution in [2.75, 3.05) is 4.90 Å². The second-order valence-electron chi connectivity index (χ2n) is 14.1. The van der Waals surface area contributed by atoms with E-state index in [2.05, 4.69) is 60.4 Å². The van der Waals surface area contributed by atoms with Gasteiger partial charge in [-0.15, -0.1) is 19.5 Å². The predicted molar refractivity (Wildman–Crippen MR) is 210 cm³/mol. The van der Waals surface area contributed by atoms with E-state index in [4.69, 9.17) is 0 Å². The Kier molecular flexibility index (Phi) is 6.91. The number of anilines is 2. The van der Waals surface area contributed by atoms with Crippen LogP contribution in [0.1, 0.15) is 38.8 Å². The molecule has 0 spiro atoms. The van der Waals surface area contributed by atoms with Crippen LogP contribution in [0.15, 0.2) is 162 Å². The molecule has 7 heteroatoms. The van der Waals surface area contributed by atoms with Crippen molar-refractivity contribution >= 4 is 59.0 Å². The zero-order valence-electron chi connectivity index (χ0n) is 28.1. The van der Waals surface area contributed by atoms with Crippen LogP contribution in [0.4, 0.5) is 11.4 Å². The standard InChI is InChI=1S/C45H31NO4S2/c1-45-22-21-30(28-17-20-41-35(24-28)44(48)33-12-6-8-14-39(33)52(41)50)26-42(45)46(31-9-3-2-4-10-31)37-25-29(15-18-36(37)45)27-16-19-40-34(23-27)43(47)32-11-5-7-13-38(32)51(40)49/h2-26,32-33,42H,1H3/q-2. The lowest BCUT2D eigenvalue weighted by Crippen LogP contribution is -2.39. The van der Waals surface area contributed by atoms with Crippen molar-refractivity contribution in [3.63, 3.8) is 0 Å². The van der Waals surface area contributed by atoms with E-state index >= 15 is 0 Å². The monoisotopic (exact) mass is 713 g/mol. The highest BCUT2D eigenvalue weighted by Crippen LogP contribution is 2.53. The topological polar surface area (TPSA) is 71.5 Å². The maximum atomic E-state index is 13.6. The molecule has 254 valence electrons. The lowest BCUT2D eigenvalue weighted by atomic mass is 9.73. The van der Waals surface area contributed by atoms with Gasteiger partial charge >= 0.3 is 0 Å². The van der Waals surface area contributed by atoms with E-state index in [1.165, 1.54) is 5.56 Å². The van der Waals surface area contributed by atoms with Gasteiger partial charge in [-0.3, -0.25) is 9.59 Å². The number of Topliss-reactive ketones (excluding diaryl/α,β-unsaturated/α-hetero) is 2. The minimum Gasteiger partial charge on any atom is -0.457 e. The fourth-order valence-corrected chi connectivity index (χ4v) is 11.3. The molecule has 52 heavy (non-hydrogen) atoms. The molecule has 3 aliphatic heterocycles. The zero-order valence-corrected chi connectivity index (χ0v) is 29.7. The first-order valence-corrected chi connectivity index (χ1v) is 19.7. The molecule has 0 bridgehead atoms. The van der Waals surface area contributed by atoms with Crippen molar-refractivity contribution in [2.45, 2.75) is 28.2 Å². The Labute approximate surface area is 305 Å². The number of nitrogens with zero attached hydrogens (tertiary/aromatic N) is 1. The summed E-state index contributed by atoms with van der Waals surface area (Å²) in [5.41, 5.74) is 7.73. The molecular formula is C45H31NO4S2-2. The summed E-state index contributed by atoms with van der Waals surface area (Å²) in [5, 5.41) is 0. The van der Waals surface area contributed by atoms with Crippen molar-refractivity contribution in [2.24, 2.45) is 11.8 Å². The summed E-state index contributed by atoms with van der Waals surface area (Å²) < 4.78 is 26.9. The maximum absolute atomic E-state index is 13.6. The Hall–Kier alpha value is -5.50. The largest absolute Gasteiger partial charge is 0.457 e. The van der Waals surface area contributed by atoms with Crippen LogP contribution in [0.2, 0.25) is 0 Å². The number of hydrogen-bond acceptors (Lipinski definition) is 7. The van der Waals surface area contributed by atoms with Crippen LogP contribution in [0.25, 0.3) is 16.7 Å². The number of benzene rings is 4. The molecule has 4 aromatic carbocycles. The first-order valence-electron chi connectivity index (χ1n) is 17.4. The van der Waals surface area contributed by atoms with Crippen LogP contribution >= 0.6 is 0 Å². The summed E-state index contributed by atoms with van der Waals surface area (Å²) in [6.45, 7) is 2.26. The SMILES string of the molecule is CC12C=CC(c3ccc4c(c3)C(=O)C3C=CC=CC3=[S-]4=O)=CC1N(c1ccccc1)c1cc(-c3ccc4c(c3)C(=O)C3C=CC=CC3=[S-]4=O)ccc12. The Morgan fingerprint density at radius 1 is 0.635 bits per heavy atom. The van der Waals surface area contributed by atoms with Gasteiger partial charge in [0.2, 0.25) is 0 Å². The van der Waals surface area contributed by atoms with Crippen LogP contribution in [0, 0.1) is 11.8 Å². The molecule has 4 aromatic rings. The zero-order chi connectivity index (χ0) is 35.3. The van der Waals surface area contributed by atoms with Crippen LogP contribution in [0.3, 0.4) is 0 Å². The molecule has 6 aliphatic rings. The van der Waals surface area contributed by atoms with Crippen LogP contribution in [-0.4, -0.2) is 27.3 Å². The summed E-state index contributed by atoms with van der Waals surface area (Å²) >= 11 is 0. The van der Waals surface area contributed by atoms with Crippen molar-refractivity contribution in [3.8, 4) is 11.1 Å². The molecule has 0 saturated heterocycles. The molecule has 0 N–H and O–H groups in total. The van der Waals surface area contributed by atoms with Gasteiger partial charge < -0.3 is 13.3 Å². The number of hydrogen-bond donors (Lipinski definition) is 0. The minimum absolute atomic E-state index is 0.0234. The van der Waals surface area contributed by atoms with Gasteiger partial charge in [-0.2, -0.15) is 0 Å². The first-order chi connectivity index (χ1) is 25.3. The number of fused-ring (bicyclic) bond motifs is 7. The highest BCUT2D eigenvalue weighted by Gasteiger charge is 2.47. The Bertz CT molecular complexity index is 2700. The third-order valence-corrected chi connectivity index (χ3v) is 14.4. The van der Waals surface area contributed by atoms with Gasteiger partial charge in [-0.05, 0) is 65.1 Å². The molecule has 3 heterocycles. The smallest absolute Gasteiger partial charge is 0.170 e. The normalized spacial score (nSPS) is 25.4. The molecule has 0 radical (unpaired) electrons. The second kappa shape index (κ2) is 11.5. The number of ketones is 2. The molecule has 0 saturated carbocycles. The number of carbonyl (C=O) groups excluding carboxylic acids is 2. The number of para-hydroxylation sites is 1. The number of carbonyl (C=O) groups is 2. The molecule has 4 unspecified atom stereocenters. The first kappa shape index (κ1) is 31.3. The van der Waals surface area contributed by atoms with Gasteiger partial charge in [0, 0.05) is 39.8 Å². The summed E-state index contributed by atoms with van der Waals surface area (Å²) in [5.74, 6) is -1.04. The van der Waals surface area contributed by atoms with E-state index in [1.54, 1.807) is 12.2 Å². The van der Waals surface area contributed by atoms with Crippen molar-refractivity contribution in [3.05, 3.63) is 174 Å². The van der Waals surface area contributed by atoms with Gasteiger partial charge in [0.15, 0.2) is 11.6 Å². The molecule has 0 fully saturated rings. The van der Waals surface area contributed by atoms with Crippen molar-refractivity contribution in [1.82, 2.24) is 0 Å². The van der Waals surface area contributed by atoms with E-state index in [-0.39, 0.29) is 23.0 Å². The summed E-state index contributed by atoms with van der Waals surface area (Å²) in [7, 11) is -2.78. The van der Waals surface area contributed by atoms with E-state index in [0.717, 1.165) is 33.6 Å². The predicted octanol–water partition coefficient (Wildman–Crippen LogP) is 8.65. The molecular weight excluding hydrogens is 683 g/mol. The highest BCUT2D eigenvalue weighted by molar-refractivity contribution is 7.86. The van der Waals surface area contributed by atoms with Crippen LogP contribution in [-0.2, 0) is 34.6 Å². The highest BCUT2D eigenvalue weighted by atomic mass is 32.2. The summed E-state index contributed by atoms with van der Waals surface area (Å²) in [6, 6.07) is 28.2. The summed E-state index contributed by atoms with van der Waals surface area (Å²) in [4.78, 5) is 32.1. The van der Waals surface area contributed by atoms with Crippen molar-refractivity contribution in [1.29, 1.82) is 0 Å². The quantitative estimate of drug-likeness (QED) is 0.157.